The lowest BCUT2D eigenvalue weighted by atomic mass is 10.0. The first kappa shape index (κ1) is 23.4. The van der Waals surface area contributed by atoms with E-state index in [0.717, 1.165) is 12.1 Å². The second-order valence-corrected chi connectivity index (χ2v) is 8.17. The maximum atomic E-state index is 13.2. The summed E-state index contributed by atoms with van der Waals surface area (Å²) in [5.74, 6) is -2.85. The van der Waals surface area contributed by atoms with Crippen LogP contribution in [0.15, 0.2) is 42.5 Å². The second kappa shape index (κ2) is 8.88. The van der Waals surface area contributed by atoms with Crippen molar-refractivity contribution in [2.75, 3.05) is 0 Å². The van der Waals surface area contributed by atoms with E-state index in [-0.39, 0.29) is 36.1 Å². The Balaban J connectivity index is 1.53. The van der Waals surface area contributed by atoms with Gasteiger partial charge in [0.1, 0.15) is 11.9 Å². The van der Waals surface area contributed by atoms with Crippen LogP contribution in [0.3, 0.4) is 0 Å². The maximum Gasteiger partial charge on any atom is 0.391 e. The number of hydrogen-bond donors (Lipinski definition) is 2. The van der Waals surface area contributed by atoms with Crippen molar-refractivity contribution in [1.82, 2.24) is 15.5 Å². The average Bonchev–Trinajstić information content (AvgIpc) is 3.08. The molecule has 4 amide bonds. The number of piperidine rings is 1. The van der Waals surface area contributed by atoms with E-state index in [1.54, 1.807) is 0 Å². The number of nitrogens with one attached hydrogen (secondary N) is 2. The minimum atomic E-state index is -4.58. The van der Waals surface area contributed by atoms with E-state index < -0.39 is 54.1 Å². The van der Waals surface area contributed by atoms with Gasteiger partial charge in [-0.1, -0.05) is 12.1 Å². The predicted octanol–water partition coefficient (Wildman–Crippen LogP) is 3.01. The number of imide groups is 1. The van der Waals surface area contributed by atoms with Gasteiger partial charge in [-0.2, -0.15) is 13.2 Å². The Kier molecular flexibility index (Phi) is 6.11. The van der Waals surface area contributed by atoms with Gasteiger partial charge in [0.25, 0.3) is 11.8 Å². The third-order valence-corrected chi connectivity index (χ3v) is 5.80. The minimum absolute atomic E-state index is 0.0194. The molecule has 178 valence electrons. The Bertz CT molecular complexity index is 1160. The molecule has 0 aromatic heterocycles. The van der Waals surface area contributed by atoms with E-state index in [2.05, 4.69) is 10.6 Å². The molecule has 1 fully saturated rings. The lowest BCUT2D eigenvalue weighted by Crippen LogP contribution is -2.52. The molecule has 11 heteroatoms. The van der Waals surface area contributed by atoms with Crippen LogP contribution in [0.2, 0.25) is 0 Å². The highest BCUT2D eigenvalue weighted by molar-refractivity contribution is 6.06. The van der Waals surface area contributed by atoms with Crippen molar-refractivity contribution in [2.45, 2.75) is 44.1 Å². The van der Waals surface area contributed by atoms with Gasteiger partial charge in [0, 0.05) is 24.1 Å². The van der Waals surface area contributed by atoms with Crippen molar-refractivity contribution < 1.29 is 36.7 Å². The maximum absolute atomic E-state index is 13.2. The fourth-order valence-electron chi connectivity index (χ4n) is 4.14. The van der Waals surface area contributed by atoms with Gasteiger partial charge < -0.3 is 10.2 Å². The minimum Gasteiger partial charge on any atom is -0.345 e. The molecule has 7 nitrogen and oxygen atoms in total. The normalized spacial score (nSPS) is 19.0. The molecule has 1 saturated heterocycles. The first-order valence-electron chi connectivity index (χ1n) is 10.4. The second-order valence-electron chi connectivity index (χ2n) is 8.17. The van der Waals surface area contributed by atoms with Gasteiger partial charge in [-0.05, 0) is 47.9 Å². The highest BCUT2D eigenvalue weighted by Gasteiger charge is 2.39. The number of nitrogens with zero attached hydrogens (tertiary/aromatic N) is 1. The van der Waals surface area contributed by atoms with E-state index >= 15 is 0 Å². The van der Waals surface area contributed by atoms with Crippen LogP contribution in [-0.4, -0.2) is 40.7 Å². The highest BCUT2D eigenvalue weighted by Crippen LogP contribution is 2.31. The topological polar surface area (TPSA) is 95.6 Å². The molecule has 0 bridgehead atoms. The quantitative estimate of drug-likeness (QED) is 0.511. The summed E-state index contributed by atoms with van der Waals surface area (Å²) in [6.07, 6.45) is -5.67. The summed E-state index contributed by atoms with van der Waals surface area (Å²) in [5, 5.41) is 4.52. The summed E-state index contributed by atoms with van der Waals surface area (Å²) < 4.78 is 52.5. The molecule has 34 heavy (non-hydrogen) atoms. The molecule has 0 radical (unpaired) electrons. The molecule has 2 N–H and O–H groups in total. The molecule has 2 aromatic rings. The molecule has 2 aliphatic heterocycles. The van der Waals surface area contributed by atoms with Gasteiger partial charge in [-0.3, -0.25) is 24.5 Å². The lowest BCUT2D eigenvalue weighted by Gasteiger charge is -2.29. The fourth-order valence-corrected chi connectivity index (χ4v) is 4.14. The highest BCUT2D eigenvalue weighted by atomic mass is 19.4. The fraction of sp³-hybridized carbons (Fsp3) is 0.304. The van der Waals surface area contributed by atoms with Crippen LogP contribution in [0.1, 0.15) is 57.1 Å². The molecular weight excluding hydrogens is 458 g/mol. The number of hydrogen-bond acceptors (Lipinski definition) is 4. The van der Waals surface area contributed by atoms with Crippen molar-refractivity contribution >= 4 is 23.6 Å². The zero-order chi connectivity index (χ0) is 24.6. The van der Waals surface area contributed by atoms with E-state index in [4.69, 9.17) is 0 Å². The van der Waals surface area contributed by atoms with Crippen molar-refractivity contribution in [3.05, 3.63) is 70.5 Å². The van der Waals surface area contributed by atoms with Crippen LogP contribution in [-0.2, 0) is 16.1 Å². The van der Waals surface area contributed by atoms with Crippen LogP contribution in [0, 0.1) is 5.82 Å². The first-order chi connectivity index (χ1) is 16.0. The Morgan fingerprint density at radius 2 is 1.82 bits per heavy atom. The van der Waals surface area contributed by atoms with Gasteiger partial charge in [-0.15, -0.1) is 0 Å². The zero-order valence-corrected chi connectivity index (χ0v) is 17.6. The number of rotatable bonds is 5. The number of carbonyl (C=O) groups excluding carboxylic acids is 4. The Morgan fingerprint density at radius 3 is 2.47 bits per heavy atom. The Labute approximate surface area is 191 Å². The SMILES string of the molecule is O=C1CCC(N2Cc3cc(C(=O)NC(CC(F)(F)F)c4ccc(F)cc4)ccc3C2=O)C(=O)N1. The number of benzene rings is 2. The zero-order valence-electron chi connectivity index (χ0n) is 17.6. The Morgan fingerprint density at radius 1 is 1.12 bits per heavy atom. The third-order valence-electron chi connectivity index (χ3n) is 5.80. The van der Waals surface area contributed by atoms with Crippen molar-refractivity contribution in [3.8, 4) is 0 Å². The molecule has 2 aromatic carbocycles. The van der Waals surface area contributed by atoms with Gasteiger partial charge in [0.05, 0.1) is 12.5 Å². The predicted molar refractivity (Wildman–Crippen MR) is 110 cm³/mol. The van der Waals surface area contributed by atoms with Crippen LogP contribution < -0.4 is 10.6 Å². The first-order valence-corrected chi connectivity index (χ1v) is 10.4. The summed E-state index contributed by atoms with van der Waals surface area (Å²) in [6, 6.07) is 6.18. The summed E-state index contributed by atoms with van der Waals surface area (Å²) in [4.78, 5) is 50.4. The van der Waals surface area contributed by atoms with Crippen LogP contribution in [0.4, 0.5) is 17.6 Å². The van der Waals surface area contributed by atoms with Gasteiger partial charge in [0.15, 0.2) is 0 Å². The molecule has 4 rings (SSSR count). The van der Waals surface area contributed by atoms with Crippen LogP contribution in [0.25, 0.3) is 0 Å². The van der Waals surface area contributed by atoms with Gasteiger partial charge in [0.2, 0.25) is 11.8 Å². The molecule has 0 spiro atoms. The van der Waals surface area contributed by atoms with Crippen molar-refractivity contribution in [3.63, 3.8) is 0 Å². The molecule has 2 heterocycles. The standard InChI is InChI=1S/C23H19F4N3O4/c24-15-4-1-12(2-5-15)17(10-23(25,26)27)28-20(32)13-3-6-16-14(9-13)11-30(22(16)34)18-7-8-19(31)29-21(18)33/h1-6,9,17-18H,7-8,10-11H2,(H,28,32)(H,29,31,33). The van der Waals surface area contributed by atoms with E-state index in [1.165, 1.54) is 35.2 Å². The van der Waals surface area contributed by atoms with Gasteiger partial charge >= 0.3 is 6.18 Å². The van der Waals surface area contributed by atoms with Crippen molar-refractivity contribution in [1.29, 1.82) is 0 Å². The summed E-state index contributed by atoms with van der Waals surface area (Å²) >= 11 is 0. The summed E-state index contributed by atoms with van der Waals surface area (Å²) in [7, 11) is 0. The molecule has 0 aliphatic carbocycles. The van der Waals surface area contributed by atoms with Crippen molar-refractivity contribution in [2.24, 2.45) is 0 Å². The average molecular weight is 477 g/mol. The molecule has 2 unspecified atom stereocenters. The number of carbonyl (C=O) groups is 4. The van der Waals surface area contributed by atoms with E-state index in [1.807, 2.05) is 0 Å². The third kappa shape index (κ3) is 4.92. The Hall–Kier alpha value is -3.76. The number of halogens is 4. The van der Waals surface area contributed by atoms with E-state index in [9.17, 15) is 36.7 Å². The largest absolute Gasteiger partial charge is 0.391 e. The molecule has 2 atom stereocenters. The molecule has 0 saturated carbocycles. The number of alkyl halides is 3. The van der Waals surface area contributed by atoms with Crippen LogP contribution >= 0.6 is 0 Å². The number of amides is 4. The monoisotopic (exact) mass is 477 g/mol. The summed E-state index contributed by atoms with van der Waals surface area (Å²) in [6.45, 7) is 0.0194. The summed E-state index contributed by atoms with van der Waals surface area (Å²) in [5.41, 5.74) is 0.835. The molecule has 2 aliphatic rings. The van der Waals surface area contributed by atoms with E-state index in [0.29, 0.717) is 5.56 Å². The molecular formula is C23H19F4N3O4. The van der Waals surface area contributed by atoms with Crippen LogP contribution in [0.5, 0.6) is 0 Å². The van der Waals surface area contributed by atoms with Gasteiger partial charge in [-0.25, -0.2) is 4.39 Å². The lowest BCUT2D eigenvalue weighted by molar-refractivity contribution is -0.140. The smallest absolute Gasteiger partial charge is 0.345 e. The number of fused-ring (bicyclic) bond motifs is 1.